The quantitative estimate of drug-likeness (QED) is 0.482. The third-order valence-corrected chi connectivity index (χ3v) is 6.61. The molecule has 0 aliphatic rings. The molecular weight excluding hydrogens is 483 g/mol. The number of nitrogens with zero attached hydrogens (tertiary/aromatic N) is 1. The number of aryl methyl sites for hydroxylation is 1. The molecule has 0 aliphatic heterocycles. The Labute approximate surface area is 200 Å². The topological polar surface area (TPSA) is 95.6 Å². The predicted molar refractivity (Wildman–Crippen MR) is 127 cm³/mol. The number of anilines is 3. The highest BCUT2D eigenvalue weighted by atomic mass is 32.2. The Morgan fingerprint density at radius 2 is 1.49 bits per heavy atom. The van der Waals surface area contributed by atoms with Gasteiger partial charge in [-0.2, -0.15) is 13.2 Å². The zero-order chi connectivity index (χ0) is 25.8. The molecule has 2 N–H and O–H groups in total. The zero-order valence-electron chi connectivity index (χ0n) is 18.8. The van der Waals surface area contributed by atoms with Crippen LogP contribution in [0.1, 0.15) is 18.1 Å². The first-order chi connectivity index (χ1) is 16.4. The SMILES string of the molecule is CC(=O)Nc1cccc(NC(=O)CN(c2cccc(C(F)(F)F)c2)S(=O)(=O)c2ccc(C)cc2)c1. The largest absolute Gasteiger partial charge is 0.416 e. The molecule has 0 saturated carbocycles. The van der Waals surface area contributed by atoms with E-state index in [2.05, 4.69) is 10.6 Å². The number of hydrogen-bond donors (Lipinski definition) is 2. The van der Waals surface area contributed by atoms with Crippen LogP contribution in [0.5, 0.6) is 0 Å². The number of halogens is 3. The highest BCUT2D eigenvalue weighted by molar-refractivity contribution is 7.92. The van der Waals surface area contributed by atoms with Crippen LogP contribution >= 0.6 is 0 Å². The first-order valence-electron chi connectivity index (χ1n) is 10.3. The Morgan fingerprint density at radius 3 is 2.09 bits per heavy atom. The standard InChI is InChI=1S/C24H22F3N3O4S/c1-16-9-11-22(12-10-16)35(33,34)30(21-8-3-5-18(13-21)24(25,26)27)15-23(32)29-20-7-4-6-19(14-20)28-17(2)31/h3-14H,15H2,1-2H3,(H,28,31)(H,29,32). The van der Waals surface area contributed by atoms with Crippen molar-refractivity contribution in [3.8, 4) is 0 Å². The van der Waals surface area contributed by atoms with Gasteiger partial charge in [0.15, 0.2) is 0 Å². The molecule has 184 valence electrons. The minimum atomic E-state index is -4.71. The van der Waals surface area contributed by atoms with Crippen LogP contribution in [-0.2, 0) is 25.8 Å². The van der Waals surface area contributed by atoms with E-state index in [0.717, 1.165) is 17.7 Å². The van der Waals surface area contributed by atoms with Gasteiger partial charge in [-0.3, -0.25) is 13.9 Å². The second kappa shape index (κ2) is 10.2. The first-order valence-corrected chi connectivity index (χ1v) is 11.7. The fourth-order valence-corrected chi connectivity index (χ4v) is 4.61. The lowest BCUT2D eigenvalue weighted by molar-refractivity contribution is -0.137. The van der Waals surface area contributed by atoms with Crippen molar-refractivity contribution in [2.45, 2.75) is 24.9 Å². The van der Waals surface area contributed by atoms with Gasteiger partial charge in [-0.15, -0.1) is 0 Å². The van der Waals surface area contributed by atoms with Crippen molar-refractivity contribution in [1.82, 2.24) is 0 Å². The van der Waals surface area contributed by atoms with Gasteiger partial charge in [0.05, 0.1) is 16.1 Å². The molecule has 3 rings (SSSR count). The molecule has 0 radical (unpaired) electrons. The van der Waals surface area contributed by atoms with Crippen molar-refractivity contribution in [3.63, 3.8) is 0 Å². The van der Waals surface area contributed by atoms with E-state index >= 15 is 0 Å². The van der Waals surface area contributed by atoms with Gasteiger partial charge in [-0.05, 0) is 55.5 Å². The summed E-state index contributed by atoms with van der Waals surface area (Å²) in [6, 6.07) is 15.6. The van der Waals surface area contributed by atoms with E-state index in [1.165, 1.54) is 37.3 Å². The molecule has 35 heavy (non-hydrogen) atoms. The van der Waals surface area contributed by atoms with E-state index in [-0.39, 0.29) is 22.2 Å². The Bertz CT molecular complexity index is 1340. The molecule has 0 aromatic heterocycles. The van der Waals surface area contributed by atoms with Crippen molar-refractivity contribution in [3.05, 3.63) is 83.9 Å². The zero-order valence-corrected chi connectivity index (χ0v) is 19.6. The van der Waals surface area contributed by atoms with E-state index in [0.29, 0.717) is 16.1 Å². The van der Waals surface area contributed by atoms with Crippen molar-refractivity contribution in [2.24, 2.45) is 0 Å². The van der Waals surface area contributed by atoms with Gasteiger partial charge < -0.3 is 10.6 Å². The fraction of sp³-hybridized carbons (Fsp3) is 0.167. The monoisotopic (exact) mass is 505 g/mol. The summed E-state index contributed by atoms with van der Waals surface area (Å²) >= 11 is 0. The molecule has 0 heterocycles. The Balaban J connectivity index is 1.97. The summed E-state index contributed by atoms with van der Waals surface area (Å²) in [5, 5.41) is 5.07. The summed E-state index contributed by atoms with van der Waals surface area (Å²) in [5.41, 5.74) is 0.0757. The van der Waals surface area contributed by atoms with Gasteiger partial charge in [0, 0.05) is 18.3 Å². The normalized spacial score (nSPS) is 11.6. The van der Waals surface area contributed by atoms with Crippen molar-refractivity contribution < 1.29 is 31.2 Å². The molecule has 0 aliphatic carbocycles. The lowest BCUT2D eigenvalue weighted by atomic mass is 10.2. The van der Waals surface area contributed by atoms with Crippen LogP contribution in [0.3, 0.4) is 0 Å². The number of alkyl halides is 3. The first kappa shape index (κ1) is 25.8. The number of carbonyl (C=O) groups excluding carboxylic acids is 2. The number of rotatable bonds is 7. The number of nitrogens with one attached hydrogen (secondary N) is 2. The second-order valence-corrected chi connectivity index (χ2v) is 9.55. The van der Waals surface area contributed by atoms with Crippen LogP contribution in [0.4, 0.5) is 30.2 Å². The van der Waals surface area contributed by atoms with Gasteiger partial charge >= 0.3 is 6.18 Å². The summed E-state index contributed by atoms with van der Waals surface area (Å²) in [5.74, 6) is -1.12. The predicted octanol–water partition coefficient (Wildman–Crippen LogP) is 4.81. The highest BCUT2D eigenvalue weighted by Gasteiger charge is 2.33. The van der Waals surface area contributed by atoms with Crippen molar-refractivity contribution in [2.75, 3.05) is 21.5 Å². The highest BCUT2D eigenvalue weighted by Crippen LogP contribution is 2.33. The fourth-order valence-electron chi connectivity index (χ4n) is 3.20. The maximum atomic E-state index is 13.4. The van der Waals surface area contributed by atoms with E-state index in [4.69, 9.17) is 0 Å². The van der Waals surface area contributed by atoms with E-state index in [9.17, 15) is 31.2 Å². The average Bonchev–Trinajstić information content (AvgIpc) is 2.77. The number of sulfonamides is 1. The minimum Gasteiger partial charge on any atom is -0.326 e. The molecule has 2 amide bonds. The van der Waals surface area contributed by atoms with Crippen molar-refractivity contribution in [1.29, 1.82) is 0 Å². The van der Waals surface area contributed by atoms with Gasteiger partial charge in [-0.25, -0.2) is 8.42 Å². The lowest BCUT2D eigenvalue weighted by Gasteiger charge is -2.25. The Hall–Kier alpha value is -3.86. The molecule has 3 aromatic rings. The van der Waals surface area contributed by atoms with Gasteiger partial charge in [-0.1, -0.05) is 29.8 Å². The Kier molecular flexibility index (Phi) is 7.49. The lowest BCUT2D eigenvalue weighted by Crippen LogP contribution is -2.38. The van der Waals surface area contributed by atoms with Crippen LogP contribution < -0.4 is 14.9 Å². The molecule has 0 atom stereocenters. The van der Waals surface area contributed by atoms with E-state index in [1.54, 1.807) is 31.2 Å². The van der Waals surface area contributed by atoms with Crippen LogP contribution in [0.25, 0.3) is 0 Å². The van der Waals surface area contributed by atoms with Gasteiger partial charge in [0.25, 0.3) is 10.0 Å². The third kappa shape index (κ3) is 6.60. The molecule has 7 nitrogen and oxygen atoms in total. The van der Waals surface area contributed by atoms with Crippen LogP contribution in [0.2, 0.25) is 0 Å². The van der Waals surface area contributed by atoms with Gasteiger partial charge in [0.1, 0.15) is 6.54 Å². The molecule has 3 aromatic carbocycles. The molecule has 0 spiro atoms. The summed E-state index contributed by atoms with van der Waals surface area (Å²) in [4.78, 5) is 23.9. The summed E-state index contributed by atoms with van der Waals surface area (Å²) in [6.07, 6.45) is -4.71. The van der Waals surface area contributed by atoms with Crippen molar-refractivity contribution >= 4 is 38.9 Å². The van der Waals surface area contributed by atoms with Crippen LogP contribution in [0.15, 0.2) is 77.7 Å². The summed E-state index contributed by atoms with van der Waals surface area (Å²) in [7, 11) is -4.40. The van der Waals surface area contributed by atoms with E-state index < -0.39 is 34.2 Å². The molecule has 0 bridgehead atoms. The van der Waals surface area contributed by atoms with Gasteiger partial charge in [0.2, 0.25) is 11.8 Å². The van der Waals surface area contributed by atoms with Crippen LogP contribution in [0, 0.1) is 6.92 Å². The molecular formula is C24H22F3N3O4S. The second-order valence-electron chi connectivity index (χ2n) is 7.68. The summed E-state index contributed by atoms with van der Waals surface area (Å²) in [6.45, 7) is 2.28. The molecule has 11 heteroatoms. The number of carbonyl (C=O) groups is 2. The molecule has 0 fully saturated rings. The number of hydrogen-bond acceptors (Lipinski definition) is 4. The third-order valence-electron chi connectivity index (χ3n) is 4.82. The Morgan fingerprint density at radius 1 is 0.886 bits per heavy atom. The number of amides is 2. The number of benzene rings is 3. The molecule has 0 saturated heterocycles. The maximum Gasteiger partial charge on any atom is 0.416 e. The van der Waals surface area contributed by atoms with Crippen LogP contribution in [-0.4, -0.2) is 26.8 Å². The smallest absolute Gasteiger partial charge is 0.326 e. The minimum absolute atomic E-state index is 0.180. The van der Waals surface area contributed by atoms with E-state index in [1.807, 2.05) is 0 Å². The summed E-state index contributed by atoms with van der Waals surface area (Å²) < 4.78 is 67.3. The average molecular weight is 506 g/mol. The molecule has 0 unspecified atom stereocenters. The maximum absolute atomic E-state index is 13.4.